The highest BCUT2D eigenvalue weighted by Crippen LogP contribution is 2.29. The quantitative estimate of drug-likeness (QED) is 0.441. The van der Waals surface area contributed by atoms with Crippen molar-refractivity contribution in [2.75, 3.05) is 11.5 Å². The number of benzene rings is 1. The summed E-state index contributed by atoms with van der Waals surface area (Å²) < 4.78 is 5.81. The molecule has 0 aliphatic carbocycles. The third kappa shape index (κ3) is 6.38. The van der Waals surface area contributed by atoms with Gasteiger partial charge in [0, 0.05) is 17.0 Å². The summed E-state index contributed by atoms with van der Waals surface area (Å²) in [4.78, 5) is 26.4. The number of hydrogen-bond donors (Lipinski definition) is 2. The van der Waals surface area contributed by atoms with E-state index >= 15 is 0 Å². The van der Waals surface area contributed by atoms with E-state index in [-0.39, 0.29) is 11.9 Å². The van der Waals surface area contributed by atoms with Gasteiger partial charge in [-0.1, -0.05) is 44.7 Å². The fourth-order valence-corrected chi connectivity index (χ4v) is 4.69. The van der Waals surface area contributed by atoms with Crippen LogP contribution in [0.1, 0.15) is 78.1 Å². The molecule has 0 unspecified atom stereocenters. The molecule has 0 bridgehead atoms. The molecule has 1 saturated heterocycles. The van der Waals surface area contributed by atoms with Crippen molar-refractivity contribution in [1.29, 1.82) is 0 Å². The van der Waals surface area contributed by atoms with Crippen molar-refractivity contribution in [2.24, 2.45) is 0 Å². The zero-order chi connectivity index (χ0) is 22.2. The van der Waals surface area contributed by atoms with Crippen LogP contribution in [0.15, 0.2) is 36.4 Å². The second-order valence-corrected chi connectivity index (χ2v) is 9.17. The van der Waals surface area contributed by atoms with Gasteiger partial charge in [-0.3, -0.25) is 4.79 Å². The molecule has 3 rings (SSSR count). The first-order valence-electron chi connectivity index (χ1n) is 11.0. The van der Waals surface area contributed by atoms with E-state index in [1.807, 2.05) is 24.3 Å². The molecule has 2 N–H and O–H groups in total. The predicted molar refractivity (Wildman–Crippen MR) is 122 cm³/mol. The van der Waals surface area contributed by atoms with Gasteiger partial charge in [0.15, 0.2) is 0 Å². The van der Waals surface area contributed by atoms with Crippen molar-refractivity contribution in [3.05, 3.63) is 51.7 Å². The molecule has 31 heavy (non-hydrogen) atoms. The highest BCUT2D eigenvalue weighted by Gasteiger charge is 2.32. The third-order valence-electron chi connectivity index (χ3n) is 5.64. The number of hydrogen-bond acceptors (Lipinski definition) is 5. The summed E-state index contributed by atoms with van der Waals surface area (Å²) >= 11 is 1.20. The topological polar surface area (TPSA) is 87.1 Å². The maximum atomic E-state index is 12.5. The van der Waals surface area contributed by atoms with E-state index in [1.165, 1.54) is 24.2 Å². The van der Waals surface area contributed by atoms with Gasteiger partial charge in [0.05, 0.1) is 25.4 Å². The fourth-order valence-electron chi connectivity index (χ4n) is 3.91. The number of ether oxygens (including phenoxy) is 1. The summed E-state index contributed by atoms with van der Waals surface area (Å²) in [5.41, 5.74) is 1.70. The van der Waals surface area contributed by atoms with Crippen LogP contribution in [0, 0.1) is 0 Å². The van der Waals surface area contributed by atoms with Crippen LogP contribution in [0.5, 0.6) is 0 Å². The molecule has 1 aromatic heterocycles. The Morgan fingerprint density at radius 1 is 1.19 bits per heavy atom. The number of carboxylic acids is 1. The largest absolute Gasteiger partial charge is 0.477 e. The van der Waals surface area contributed by atoms with Crippen LogP contribution in [0.3, 0.4) is 0 Å². The summed E-state index contributed by atoms with van der Waals surface area (Å²) in [5, 5.41) is 19.4. The first kappa shape index (κ1) is 23.4. The molecule has 0 saturated carbocycles. The molecule has 6 nitrogen and oxygen atoms in total. The molecular formula is C24H31NO5S. The zero-order valence-electron chi connectivity index (χ0n) is 18.0. The monoisotopic (exact) mass is 445 g/mol. The number of carbonyl (C=O) groups excluding carboxylic acids is 1. The normalized spacial score (nSPS) is 17.3. The fraction of sp³-hybridized carbons (Fsp3) is 0.500. The minimum absolute atomic E-state index is 0.0452. The van der Waals surface area contributed by atoms with Gasteiger partial charge < -0.3 is 19.8 Å². The predicted octanol–water partition coefficient (Wildman–Crippen LogP) is 5.16. The SMILES string of the molecule is CCCCCC[C@H](O)c1ccc(N2C(=O)CC[C@@H]2COCc2ccc(C(=O)O)s2)cc1. The first-order chi connectivity index (χ1) is 15.0. The van der Waals surface area contributed by atoms with Crippen LogP contribution in [0.2, 0.25) is 0 Å². The van der Waals surface area contributed by atoms with Crippen molar-refractivity contribution in [2.45, 2.75) is 70.6 Å². The number of nitrogens with zero attached hydrogens (tertiary/aromatic N) is 1. The van der Waals surface area contributed by atoms with Crippen molar-refractivity contribution < 1.29 is 24.5 Å². The van der Waals surface area contributed by atoms with E-state index < -0.39 is 12.1 Å². The van der Waals surface area contributed by atoms with E-state index in [9.17, 15) is 14.7 Å². The molecule has 2 heterocycles. The van der Waals surface area contributed by atoms with Crippen molar-refractivity contribution in [3.63, 3.8) is 0 Å². The summed E-state index contributed by atoms with van der Waals surface area (Å²) in [7, 11) is 0. The van der Waals surface area contributed by atoms with Crippen LogP contribution in [-0.2, 0) is 16.1 Å². The van der Waals surface area contributed by atoms with Gasteiger partial charge in [0.25, 0.3) is 0 Å². The summed E-state index contributed by atoms with van der Waals surface area (Å²) in [6, 6.07) is 10.9. The zero-order valence-corrected chi connectivity index (χ0v) is 18.8. The summed E-state index contributed by atoms with van der Waals surface area (Å²) in [5.74, 6) is -0.857. The lowest BCUT2D eigenvalue weighted by molar-refractivity contribution is -0.117. The molecule has 1 fully saturated rings. The molecule has 168 valence electrons. The Balaban J connectivity index is 1.54. The van der Waals surface area contributed by atoms with Gasteiger partial charge in [-0.2, -0.15) is 0 Å². The van der Waals surface area contributed by atoms with Gasteiger partial charge in [-0.05, 0) is 42.7 Å². The van der Waals surface area contributed by atoms with Gasteiger partial charge in [-0.15, -0.1) is 11.3 Å². The first-order valence-corrected chi connectivity index (χ1v) is 11.8. The minimum atomic E-state index is -0.932. The lowest BCUT2D eigenvalue weighted by atomic mass is 10.0. The number of thiophene rings is 1. The van der Waals surface area contributed by atoms with Gasteiger partial charge >= 0.3 is 5.97 Å². The molecule has 0 radical (unpaired) electrons. The minimum Gasteiger partial charge on any atom is -0.477 e. The molecule has 2 atom stereocenters. The van der Waals surface area contributed by atoms with Crippen LogP contribution < -0.4 is 4.90 Å². The lowest BCUT2D eigenvalue weighted by Gasteiger charge is -2.25. The van der Waals surface area contributed by atoms with Crippen molar-refractivity contribution >= 4 is 28.9 Å². The number of aliphatic hydroxyl groups excluding tert-OH is 1. The van der Waals surface area contributed by atoms with Crippen LogP contribution in [0.25, 0.3) is 0 Å². The summed E-state index contributed by atoms with van der Waals surface area (Å²) in [6.07, 6.45) is 6.02. The second-order valence-electron chi connectivity index (χ2n) is 8.00. The summed E-state index contributed by atoms with van der Waals surface area (Å²) in [6.45, 7) is 2.90. The van der Waals surface area contributed by atoms with Crippen LogP contribution >= 0.6 is 11.3 Å². The van der Waals surface area contributed by atoms with Gasteiger partial charge in [0.1, 0.15) is 4.88 Å². The Labute approximate surface area is 187 Å². The molecule has 1 amide bonds. The third-order valence-corrected chi connectivity index (χ3v) is 6.69. The van der Waals surface area contributed by atoms with Crippen molar-refractivity contribution in [3.8, 4) is 0 Å². The van der Waals surface area contributed by atoms with E-state index in [1.54, 1.807) is 17.0 Å². The highest BCUT2D eigenvalue weighted by atomic mass is 32.1. The molecule has 2 aromatic rings. The van der Waals surface area contributed by atoms with E-state index in [2.05, 4.69) is 6.92 Å². The molecule has 7 heteroatoms. The van der Waals surface area contributed by atoms with Gasteiger partial charge in [-0.25, -0.2) is 4.79 Å². The number of amides is 1. The Morgan fingerprint density at radius 3 is 2.65 bits per heavy atom. The number of unbranched alkanes of at least 4 members (excludes halogenated alkanes) is 3. The number of aliphatic hydroxyl groups is 1. The molecular weight excluding hydrogens is 414 g/mol. The van der Waals surface area contributed by atoms with Gasteiger partial charge in [0.2, 0.25) is 5.91 Å². The number of carbonyl (C=O) groups is 2. The Kier molecular flexibility index (Phi) is 8.63. The number of rotatable bonds is 12. The maximum absolute atomic E-state index is 12.5. The highest BCUT2D eigenvalue weighted by molar-refractivity contribution is 7.13. The molecule has 0 spiro atoms. The lowest BCUT2D eigenvalue weighted by Crippen LogP contribution is -2.36. The molecule has 1 aliphatic heterocycles. The standard InChI is InChI=1S/C24H31NO5S/c1-2-3-4-5-6-21(26)17-7-9-18(10-8-17)25-19(11-14-23(25)27)15-30-16-20-12-13-22(31-20)24(28)29/h7-10,12-13,19,21,26H,2-6,11,14-16H2,1H3,(H,28,29)/t19-,21+/m1/s1. The molecule has 1 aliphatic rings. The van der Waals surface area contributed by atoms with E-state index in [0.29, 0.717) is 24.5 Å². The van der Waals surface area contributed by atoms with E-state index in [0.717, 1.165) is 41.8 Å². The van der Waals surface area contributed by atoms with E-state index in [4.69, 9.17) is 9.84 Å². The Morgan fingerprint density at radius 2 is 1.97 bits per heavy atom. The second kappa shape index (κ2) is 11.4. The molecule has 1 aromatic carbocycles. The van der Waals surface area contributed by atoms with Crippen LogP contribution in [0.4, 0.5) is 5.69 Å². The van der Waals surface area contributed by atoms with Crippen molar-refractivity contribution in [1.82, 2.24) is 0 Å². The number of carboxylic acid groups (broad SMARTS) is 1. The average Bonchev–Trinajstić information content (AvgIpc) is 3.38. The van der Waals surface area contributed by atoms with Crippen LogP contribution in [-0.4, -0.2) is 34.7 Å². The smallest absolute Gasteiger partial charge is 0.345 e. The Hall–Kier alpha value is -2.22. The Bertz CT molecular complexity index is 863. The maximum Gasteiger partial charge on any atom is 0.345 e. The number of aromatic carboxylic acids is 1. The number of anilines is 1. The average molecular weight is 446 g/mol.